The molecular weight excluding hydrogens is 266 g/mol. The molecule has 0 aliphatic carbocycles. The van der Waals surface area contributed by atoms with Crippen LogP contribution in [0.4, 0.5) is 5.13 Å². The van der Waals surface area contributed by atoms with Crippen molar-refractivity contribution in [2.75, 3.05) is 12.4 Å². The van der Waals surface area contributed by atoms with Gasteiger partial charge in [0.25, 0.3) is 0 Å². The molecule has 0 saturated heterocycles. The molecule has 4 nitrogen and oxygen atoms in total. The SMILES string of the molecule is CC(=O)Nc1nc(CN(C)Cc2cccs2)cs1. The lowest BCUT2D eigenvalue weighted by Gasteiger charge is -2.13. The molecule has 0 unspecified atom stereocenters. The van der Waals surface area contributed by atoms with Crippen molar-refractivity contribution < 1.29 is 4.79 Å². The Bertz CT molecular complexity index is 507. The molecule has 0 aliphatic heterocycles. The molecule has 1 N–H and O–H groups in total. The smallest absolute Gasteiger partial charge is 0.223 e. The molecule has 2 aromatic heterocycles. The van der Waals surface area contributed by atoms with E-state index in [-0.39, 0.29) is 5.91 Å². The summed E-state index contributed by atoms with van der Waals surface area (Å²) in [5.41, 5.74) is 0.989. The molecule has 6 heteroatoms. The lowest BCUT2D eigenvalue weighted by Crippen LogP contribution is -2.16. The van der Waals surface area contributed by atoms with Crippen LogP contribution in [0.1, 0.15) is 17.5 Å². The third kappa shape index (κ3) is 3.90. The number of hydrogen-bond donors (Lipinski definition) is 1. The van der Waals surface area contributed by atoms with Crippen LogP contribution in [-0.4, -0.2) is 22.8 Å². The highest BCUT2D eigenvalue weighted by molar-refractivity contribution is 7.13. The van der Waals surface area contributed by atoms with E-state index in [4.69, 9.17) is 0 Å². The van der Waals surface area contributed by atoms with Gasteiger partial charge in [-0.05, 0) is 18.5 Å². The number of anilines is 1. The number of hydrogen-bond acceptors (Lipinski definition) is 5. The first-order valence-corrected chi connectivity index (χ1v) is 7.32. The Hall–Kier alpha value is -1.24. The summed E-state index contributed by atoms with van der Waals surface area (Å²) in [5.74, 6) is -0.0807. The van der Waals surface area contributed by atoms with Gasteiger partial charge in [-0.2, -0.15) is 0 Å². The molecule has 1 amide bonds. The van der Waals surface area contributed by atoms with Gasteiger partial charge in [0.15, 0.2) is 5.13 Å². The summed E-state index contributed by atoms with van der Waals surface area (Å²) < 4.78 is 0. The number of thiophene rings is 1. The van der Waals surface area contributed by atoms with Crippen LogP contribution in [0.15, 0.2) is 22.9 Å². The number of carbonyl (C=O) groups is 1. The van der Waals surface area contributed by atoms with Crippen molar-refractivity contribution in [3.05, 3.63) is 33.5 Å². The molecule has 0 atom stereocenters. The Balaban J connectivity index is 1.88. The number of aromatic nitrogens is 1. The molecule has 2 heterocycles. The van der Waals surface area contributed by atoms with E-state index in [1.807, 2.05) is 5.38 Å². The fourth-order valence-electron chi connectivity index (χ4n) is 1.59. The molecular formula is C12H15N3OS2. The highest BCUT2D eigenvalue weighted by Gasteiger charge is 2.07. The van der Waals surface area contributed by atoms with Gasteiger partial charge in [-0.25, -0.2) is 4.98 Å². The van der Waals surface area contributed by atoms with Gasteiger partial charge in [-0.15, -0.1) is 22.7 Å². The molecule has 0 aromatic carbocycles. The van der Waals surface area contributed by atoms with Crippen molar-refractivity contribution in [1.29, 1.82) is 0 Å². The van der Waals surface area contributed by atoms with E-state index >= 15 is 0 Å². The normalized spacial score (nSPS) is 10.8. The second kappa shape index (κ2) is 6.08. The maximum atomic E-state index is 10.9. The topological polar surface area (TPSA) is 45.2 Å². The largest absolute Gasteiger partial charge is 0.302 e. The van der Waals surface area contributed by atoms with Crippen molar-refractivity contribution in [2.24, 2.45) is 0 Å². The van der Waals surface area contributed by atoms with Gasteiger partial charge in [0, 0.05) is 30.3 Å². The van der Waals surface area contributed by atoms with Crippen molar-refractivity contribution in [3.63, 3.8) is 0 Å². The summed E-state index contributed by atoms with van der Waals surface area (Å²) in [7, 11) is 2.07. The first-order chi connectivity index (χ1) is 8.63. The fourth-order valence-corrected chi connectivity index (χ4v) is 3.12. The Morgan fingerprint density at radius 1 is 1.44 bits per heavy atom. The zero-order valence-corrected chi connectivity index (χ0v) is 12.0. The number of nitrogens with one attached hydrogen (secondary N) is 1. The lowest BCUT2D eigenvalue weighted by molar-refractivity contribution is -0.114. The van der Waals surface area contributed by atoms with Crippen molar-refractivity contribution in [2.45, 2.75) is 20.0 Å². The predicted octanol–water partition coefficient (Wildman–Crippen LogP) is 2.80. The van der Waals surface area contributed by atoms with Crippen LogP contribution < -0.4 is 5.32 Å². The molecule has 18 heavy (non-hydrogen) atoms. The van der Waals surface area contributed by atoms with Gasteiger partial charge < -0.3 is 5.32 Å². The van der Waals surface area contributed by atoms with Crippen molar-refractivity contribution >= 4 is 33.7 Å². The van der Waals surface area contributed by atoms with Gasteiger partial charge in [0.2, 0.25) is 5.91 Å². The predicted molar refractivity (Wildman–Crippen MR) is 75.9 cm³/mol. The summed E-state index contributed by atoms with van der Waals surface area (Å²) in [6.45, 7) is 3.20. The van der Waals surface area contributed by atoms with Crippen LogP contribution in [0.25, 0.3) is 0 Å². The third-order valence-corrected chi connectivity index (χ3v) is 3.94. The molecule has 0 aliphatic rings. The Morgan fingerprint density at radius 2 is 2.28 bits per heavy atom. The van der Waals surface area contributed by atoms with E-state index in [2.05, 4.69) is 39.8 Å². The zero-order chi connectivity index (χ0) is 13.0. The van der Waals surface area contributed by atoms with Gasteiger partial charge in [-0.1, -0.05) is 6.07 Å². The molecule has 2 aromatic rings. The van der Waals surface area contributed by atoms with Crippen LogP contribution in [0.3, 0.4) is 0 Å². The average Bonchev–Trinajstić information content (AvgIpc) is 2.89. The van der Waals surface area contributed by atoms with Crippen LogP contribution >= 0.6 is 22.7 Å². The standard InChI is InChI=1S/C12H15N3OS2/c1-9(16)13-12-14-10(8-18-12)6-15(2)7-11-4-3-5-17-11/h3-5,8H,6-7H2,1-2H3,(H,13,14,16). The monoisotopic (exact) mass is 281 g/mol. The molecule has 0 radical (unpaired) electrons. The Labute approximate surface area is 114 Å². The van der Waals surface area contributed by atoms with E-state index in [0.29, 0.717) is 5.13 Å². The van der Waals surface area contributed by atoms with Gasteiger partial charge in [-0.3, -0.25) is 9.69 Å². The molecule has 96 valence electrons. The Kier molecular flexibility index (Phi) is 4.46. The molecule has 2 rings (SSSR count). The Morgan fingerprint density at radius 3 is 2.94 bits per heavy atom. The highest BCUT2D eigenvalue weighted by atomic mass is 32.1. The summed E-state index contributed by atoms with van der Waals surface area (Å²) in [4.78, 5) is 18.8. The second-order valence-electron chi connectivity index (χ2n) is 4.08. The van der Waals surface area contributed by atoms with Crippen LogP contribution in [-0.2, 0) is 17.9 Å². The molecule has 0 fully saturated rings. The number of amides is 1. The van der Waals surface area contributed by atoms with Crippen LogP contribution in [0.2, 0.25) is 0 Å². The summed E-state index contributed by atoms with van der Waals surface area (Å²) in [6, 6.07) is 4.19. The van der Waals surface area contributed by atoms with Crippen LogP contribution in [0.5, 0.6) is 0 Å². The first kappa shape index (κ1) is 13.2. The number of rotatable bonds is 5. The third-order valence-electron chi connectivity index (χ3n) is 2.27. The van der Waals surface area contributed by atoms with Crippen molar-refractivity contribution in [1.82, 2.24) is 9.88 Å². The van der Waals surface area contributed by atoms with E-state index in [9.17, 15) is 4.79 Å². The summed E-state index contributed by atoms with van der Waals surface area (Å²) in [6.07, 6.45) is 0. The quantitative estimate of drug-likeness (QED) is 0.916. The molecule has 0 saturated carbocycles. The number of thiazole rings is 1. The van der Waals surface area contributed by atoms with Gasteiger partial charge in [0.05, 0.1) is 5.69 Å². The maximum Gasteiger partial charge on any atom is 0.223 e. The zero-order valence-electron chi connectivity index (χ0n) is 10.3. The summed E-state index contributed by atoms with van der Waals surface area (Å²) in [5, 5.41) is 7.43. The van der Waals surface area contributed by atoms with E-state index in [1.54, 1.807) is 11.3 Å². The van der Waals surface area contributed by atoms with Crippen molar-refractivity contribution in [3.8, 4) is 0 Å². The highest BCUT2D eigenvalue weighted by Crippen LogP contribution is 2.18. The lowest BCUT2D eigenvalue weighted by atomic mass is 10.4. The van der Waals surface area contributed by atoms with Crippen LogP contribution in [0, 0.1) is 0 Å². The van der Waals surface area contributed by atoms with Gasteiger partial charge in [0.1, 0.15) is 0 Å². The average molecular weight is 281 g/mol. The number of carbonyl (C=O) groups excluding carboxylic acids is 1. The molecule has 0 bridgehead atoms. The molecule has 0 spiro atoms. The minimum atomic E-state index is -0.0807. The van der Waals surface area contributed by atoms with Gasteiger partial charge >= 0.3 is 0 Å². The number of nitrogens with zero attached hydrogens (tertiary/aromatic N) is 2. The van der Waals surface area contributed by atoms with E-state index < -0.39 is 0 Å². The maximum absolute atomic E-state index is 10.9. The fraction of sp³-hybridized carbons (Fsp3) is 0.333. The second-order valence-corrected chi connectivity index (χ2v) is 5.97. The minimum absolute atomic E-state index is 0.0807. The summed E-state index contributed by atoms with van der Waals surface area (Å²) >= 11 is 3.22. The van der Waals surface area contributed by atoms with E-state index in [0.717, 1.165) is 18.8 Å². The first-order valence-electron chi connectivity index (χ1n) is 5.56. The minimum Gasteiger partial charge on any atom is -0.302 e. The van der Waals surface area contributed by atoms with E-state index in [1.165, 1.54) is 23.1 Å².